The molecule has 0 spiro atoms. The number of ether oxygens (including phenoxy) is 3. The predicted molar refractivity (Wildman–Crippen MR) is 242 cm³/mol. The standard InChI is InChI=1S/C51H84O6/c1-4-7-10-13-16-18-19-20-21-22-23-24-25-26-27-28-29-30-31-32-33-34-36-38-41-44-50(53)56-47-48(46-55-49(52)43-40-37-15-12-9-6-3)57-51(54)45-42-39-35-17-14-11-8-5-2/h7,10,16,18,20-21,23-24,26-27,29-30,32-33,48H,4-6,8-9,11-15,17,19,22,25,28,31,34-47H2,1-3H3/b10-7-,18-16-,21-20-,24-23-,27-26-,30-29-,33-32-. The van der Waals surface area contributed by atoms with Crippen molar-refractivity contribution in [3.05, 3.63) is 85.1 Å². The summed E-state index contributed by atoms with van der Waals surface area (Å²) < 4.78 is 16.5. The maximum Gasteiger partial charge on any atom is 0.306 e. The second-order valence-electron chi connectivity index (χ2n) is 14.9. The maximum absolute atomic E-state index is 12.6. The monoisotopic (exact) mass is 793 g/mol. The van der Waals surface area contributed by atoms with Crippen LogP contribution in [0, 0.1) is 0 Å². The van der Waals surface area contributed by atoms with Crippen LogP contribution in [0.2, 0.25) is 0 Å². The Labute approximate surface area is 350 Å². The fourth-order valence-corrected chi connectivity index (χ4v) is 5.95. The first-order chi connectivity index (χ1) is 28.0. The molecule has 0 aromatic rings. The molecule has 1 unspecified atom stereocenters. The van der Waals surface area contributed by atoms with Gasteiger partial charge in [0.15, 0.2) is 6.10 Å². The highest BCUT2D eigenvalue weighted by molar-refractivity contribution is 5.71. The number of unbranched alkanes of at least 4 members (excludes halogenated alkanes) is 15. The number of rotatable bonds is 40. The van der Waals surface area contributed by atoms with Gasteiger partial charge in [-0.3, -0.25) is 14.4 Å². The average Bonchev–Trinajstić information content (AvgIpc) is 3.21. The molecule has 0 aliphatic rings. The van der Waals surface area contributed by atoms with E-state index in [4.69, 9.17) is 14.2 Å². The zero-order chi connectivity index (χ0) is 41.5. The van der Waals surface area contributed by atoms with E-state index in [9.17, 15) is 14.4 Å². The molecule has 6 heteroatoms. The van der Waals surface area contributed by atoms with E-state index in [2.05, 4.69) is 106 Å². The number of hydrogen-bond donors (Lipinski definition) is 0. The van der Waals surface area contributed by atoms with E-state index in [-0.39, 0.29) is 31.1 Å². The zero-order valence-corrected chi connectivity index (χ0v) is 36.8. The van der Waals surface area contributed by atoms with Crippen LogP contribution in [-0.4, -0.2) is 37.2 Å². The normalized spacial score (nSPS) is 12.8. The lowest BCUT2D eigenvalue weighted by atomic mass is 10.1. The Kier molecular flexibility index (Phi) is 42.6. The Hall–Kier alpha value is -3.41. The lowest BCUT2D eigenvalue weighted by molar-refractivity contribution is -0.167. The third kappa shape index (κ3) is 43.6. The lowest BCUT2D eigenvalue weighted by Gasteiger charge is -2.18. The Morgan fingerprint density at radius 1 is 0.368 bits per heavy atom. The van der Waals surface area contributed by atoms with Crippen molar-refractivity contribution in [2.24, 2.45) is 0 Å². The first kappa shape index (κ1) is 53.6. The summed E-state index contributed by atoms with van der Waals surface area (Å²) in [5.41, 5.74) is 0. The molecule has 0 fully saturated rings. The summed E-state index contributed by atoms with van der Waals surface area (Å²) in [7, 11) is 0. The van der Waals surface area contributed by atoms with Crippen LogP contribution in [-0.2, 0) is 28.6 Å². The van der Waals surface area contributed by atoms with E-state index >= 15 is 0 Å². The zero-order valence-electron chi connectivity index (χ0n) is 36.8. The summed E-state index contributed by atoms with van der Waals surface area (Å²) in [6.07, 6.45) is 57.4. The molecule has 0 aromatic carbocycles. The van der Waals surface area contributed by atoms with Gasteiger partial charge in [0.05, 0.1) is 0 Å². The molecule has 0 aliphatic carbocycles. The van der Waals surface area contributed by atoms with Crippen molar-refractivity contribution >= 4 is 17.9 Å². The lowest BCUT2D eigenvalue weighted by Crippen LogP contribution is -2.30. The van der Waals surface area contributed by atoms with E-state index < -0.39 is 6.10 Å². The summed E-state index contributed by atoms with van der Waals surface area (Å²) in [6, 6.07) is 0. The minimum Gasteiger partial charge on any atom is -0.462 e. The van der Waals surface area contributed by atoms with Gasteiger partial charge < -0.3 is 14.2 Å². The van der Waals surface area contributed by atoms with Gasteiger partial charge in [0, 0.05) is 19.3 Å². The predicted octanol–water partition coefficient (Wildman–Crippen LogP) is 14.9. The van der Waals surface area contributed by atoms with E-state index in [1.165, 1.54) is 51.4 Å². The van der Waals surface area contributed by atoms with Crippen LogP contribution in [0.25, 0.3) is 0 Å². The smallest absolute Gasteiger partial charge is 0.306 e. The third-order valence-electron chi connectivity index (χ3n) is 9.41. The SMILES string of the molecule is CC/C=C\C/C=C\C/C=C\C/C=C\C/C=C\C/C=C\C/C=C\CCCCCC(=O)OCC(COC(=O)CCCCCCCC)OC(=O)CCCCCCCCCC. The van der Waals surface area contributed by atoms with E-state index in [0.717, 1.165) is 109 Å². The van der Waals surface area contributed by atoms with E-state index in [1.54, 1.807) is 0 Å². The molecule has 57 heavy (non-hydrogen) atoms. The average molecular weight is 793 g/mol. The molecule has 0 saturated heterocycles. The van der Waals surface area contributed by atoms with Crippen LogP contribution in [0.15, 0.2) is 85.1 Å². The van der Waals surface area contributed by atoms with Gasteiger partial charge in [0.2, 0.25) is 0 Å². The molecule has 0 N–H and O–H groups in total. The van der Waals surface area contributed by atoms with Crippen LogP contribution in [0.5, 0.6) is 0 Å². The molecule has 0 aromatic heterocycles. The van der Waals surface area contributed by atoms with E-state index in [0.29, 0.717) is 19.3 Å². The Morgan fingerprint density at radius 2 is 0.684 bits per heavy atom. The van der Waals surface area contributed by atoms with Crippen molar-refractivity contribution in [2.45, 2.75) is 207 Å². The first-order valence-electron chi connectivity index (χ1n) is 23.1. The largest absolute Gasteiger partial charge is 0.462 e. The topological polar surface area (TPSA) is 78.9 Å². The number of carbonyl (C=O) groups is 3. The highest BCUT2D eigenvalue weighted by Gasteiger charge is 2.19. The Balaban J connectivity index is 4.21. The van der Waals surface area contributed by atoms with Crippen molar-refractivity contribution in [3.63, 3.8) is 0 Å². The number of allylic oxidation sites excluding steroid dienone is 14. The number of carbonyl (C=O) groups excluding carboxylic acids is 3. The number of hydrogen-bond acceptors (Lipinski definition) is 6. The van der Waals surface area contributed by atoms with Gasteiger partial charge in [-0.1, -0.05) is 189 Å². The third-order valence-corrected chi connectivity index (χ3v) is 9.41. The number of esters is 3. The molecule has 0 radical (unpaired) electrons. The molecule has 0 amide bonds. The van der Waals surface area contributed by atoms with Gasteiger partial charge in [-0.05, 0) is 77.0 Å². The summed E-state index contributed by atoms with van der Waals surface area (Å²) in [6.45, 7) is 6.38. The summed E-state index contributed by atoms with van der Waals surface area (Å²) in [4.78, 5) is 37.4. The van der Waals surface area contributed by atoms with Crippen LogP contribution in [0.1, 0.15) is 201 Å². The minimum absolute atomic E-state index is 0.0873. The van der Waals surface area contributed by atoms with Crippen molar-refractivity contribution in [3.8, 4) is 0 Å². The molecule has 0 rings (SSSR count). The maximum atomic E-state index is 12.6. The summed E-state index contributed by atoms with van der Waals surface area (Å²) in [5, 5.41) is 0. The molecule has 0 saturated carbocycles. The summed E-state index contributed by atoms with van der Waals surface area (Å²) >= 11 is 0. The minimum atomic E-state index is -0.782. The molecule has 0 bridgehead atoms. The highest BCUT2D eigenvalue weighted by Crippen LogP contribution is 2.12. The van der Waals surface area contributed by atoms with Crippen LogP contribution >= 0.6 is 0 Å². The van der Waals surface area contributed by atoms with Crippen LogP contribution < -0.4 is 0 Å². The van der Waals surface area contributed by atoms with Gasteiger partial charge in [0.1, 0.15) is 13.2 Å². The first-order valence-corrected chi connectivity index (χ1v) is 23.1. The molecule has 324 valence electrons. The van der Waals surface area contributed by atoms with Gasteiger partial charge in [-0.15, -0.1) is 0 Å². The molecule has 0 aliphatic heterocycles. The van der Waals surface area contributed by atoms with Crippen molar-refractivity contribution in [2.75, 3.05) is 13.2 Å². The molecule has 1 atom stereocenters. The molecule has 6 nitrogen and oxygen atoms in total. The Bertz CT molecular complexity index is 1140. The fourth-order valence-electron chi connectivity index (χ4n) is 5.95. The summed E-state index contributed by atoms with van der Waals surface area (Å²) in [5.74, 6) is -0.944. The van der Waals surface area contributed by atoms with Crippen molar-refractivity contribution in [1.82, 2.24) is 0 Å². The Morgan fingerprint density at radius 3 is 1.07 bits per heavy atom. The fraction of sp³-hybridized carbons (Fsp3) is 0.667. The molecular weight excluding hydrogens is 709 g/mol. The quantitative estimate of drug-likeness (QED) is 0.0266. The van der Waals surface area contributed by atoms with Gasteiger partial charge >= 0.3 is 17.9 Å². The highest BCUT2D eigenvalue weighted by atomic mass is 16.6. The second kappa shape index (κ2) is 45.3. The van der Waals surface area contributed by atoms with Gasteiger partial charge in [-0.25, -0.2) is 0 Å². The van der Waals surface area contributed by atoms with Gasteiger partial charge in [-0.2, -0.15) is 0 Å². The molecular formula is C51H84O6. The van der Waals surface area contributed by atoms with Crippen LogP contribution in [0.4, 0.5) is 0 Å². The second-order valence-corrected chi connectivity index (χ2v) is 14.9. The van der Waals surface area contributed by atoms with Crippen molar-refractivity contribution < 1.29 is 28.6 Å². The van der Waals surface area contributed by atoms with Crippen molar-refractivity contribution in [1.29, 1.82) is 0 Å². The van der Waals surface area contributed by atoms with Gasteiger partial charge in [0.25, 0.3) is 0 Å². The van der Waals surface area contributed by atoms with E-state index in [1.807, 2.05) is 0 Å². The molecule has 0 heterocycles. The van der Waals surface area contributed by atoms with Crippen LogP contribution in [0.3, 0.4) is 0 Å².